The normalized spacial score (nSPS) is 11.7. The van der Waals surface area contributed by atoms with Gasteiger partial charge in [0.05, 0.1) is 18.1 Å². The highest BCUT2D eigenvalue weighted by Gasteiger charge is 2.21. The summed E-state index contributed by atoms with van der Waals surface area (Å²) in [5, 5.41) is 10.9. The molecular weight excluding hydrogens is 252 g/mol. The summed E-state index contributed by atoms with van der Waals surface area (Å²) >= 11 is 0. The molecule has 7 heteroatoms. The molecule has 0 bridgehead atoms. The summed E-state index contributed by atoms with van der Waals surface area (Å²) in [6.45, 7) is 3.77. The Kier molecular flexibility index (Phi) is 5.23. The number of methoxy groups -OCH3 is 1. The van der Waals surface area contributed by atoms with Gasteiger partial charge in [0.25, 0.3) is 5.88 Å². The molecule has 104 valence electrons. The van der Waals surface area contributed by atoms with Gasteiger partial charge in [-0.15, -0.1) is 0 Å². The molecule has 0 aliphatic heterocycles. The molecule has 0 fully saturated rings. The Hall–Kier alpha value is -2.18. The summed E-state index contributed by atoms with van der Waals surface area (Å²) in [6.07, 6.45) is 1.40. The van der Waals surface area contributed by atoms with Crippen molar-refractivity contribution in [1.29, 1.82) is 0 Å². The van der Waals surface area contributed by atoms with Crippen molar-refractivity contribution < 1.29 is 19.2 Å². The lowest BCUT2D eigenvalue weighted by Crippen LogP contribution is -2.15. The van der Waals surface area contributed by atoms with Crippen LogP contribution in [0.3, 0.4) is 0 Å². The fourth-order valence-electron chi connectivity index (χ4n) is 1.53. The fraction of sp³-hybridized carbons (Fsp3) is 0.500. The second-order valence-corrected chi connectivity index (χ2v) is 3.99. The second-order valence-electron chi connectivity index (χ2n) is 3.99. The van der Waals surface area contributed by atoms with Crippen LogP contribution in [0.15, 0.2) is 12.1 Å². The highest BCUT2D eigenvalue weighted by molar-refractivity contribution is 5.87. The molecule has 0 aliphatic rings. The number of nitrogens with zero attached hydrogens (tertiary/aromatic N) is 2. The number of aromatic nitrogens is 1. The van der Waals surface area contributed by atoms with E-state index < -0.39 is 10.9 Å². The Labute approximate surface area is 110 Å². The summed E-state index contributed by atoms with van der Waals surface area (Å²) in [4.78, 5) is 25.5. The number of rotatable bonds is 6. The monoisotopic (exact) mass is 268 g/mol. The molecule has 7 nitrogen and oxygen atoms in total. The van der Waals surface area contributed by atoms with Crippen molar-refractivity contribution >= 4 is 11.7 Å². The van der Waals surface area contributed by atoms with Crippen LogP contribution in [-0.2, 0) is 4.74 Å². The Bertz CT molecular complexity index is 475. The first-order valence-electron chi connectivity index (χ1n) is 5.90. The molecule has 0 aliphatic carbocycles. The van der Waals surface area contributed by atoms with Crippen LogP contribution < -0.4 is 4.74 Å². The molecule has 0 radical (unpaired) electrons. The van der Waals surface area contributed by atoms with Crippen molar-refractivity contribution in [3.63, 3.8) is 0 Å². The highest BCUT2D eigenvalue weighted by Crippen LogP contribution is 2.26. The summed E-state index contributed by atoms with van der Waals surface area (Å²) < 4.78 is 9.94. The molecule has 0 saturated heterocycles. The molecule has 1 aromatic rings. The van der Waals surface area contributed by atoms with Gasteiger partial charge in [-0.2, -0.15) is 0 Å². The van der Waals surface area contributed by atoms with E-state index >= 15 is 0 Å². The van der Waals surface area contributed by atoms with Crippen LogP contribution in [0.2, 0.25) is 0 Å². The molecule has 0 saturated carbocycles. The largest absolute Gasteiger partial charge is 0.470 e. The number of hydrogen-bond donors (Lipinski definition) is 0. The maximum absolute atomic E-state index is 11.3. The molecule has 19 heavy (non-hydrogen) atoms. The molecule has 0 spiro atoms. The Balaban J connectivity index is 3.08. The lowest BCUT2D eigenvalue weighted by molar-refractivity contribution is -0.386. The van der Waals surface area contributed by atoms with E-state index in [0.29, 0.717) is 0 Å². The highest BCUT2D eigenvalue weighted by atomic mass is 16.6. The predicted molar refractivity (Wildman–Crippen MR) is 67.2 cm³/mol. The van der Waals surface area contributed by atoms with Gasteiger partial charge in [0.1, 0.15) is 0 Å². The van der Waals surface area contributed by atoms with Crippen molar-refractivity contribution in [2.75, 3.05) is 7.11 Å². The second kappa shape index (κ2) is 6.67. The number of hydrogen-bond acceptors (Lipinski definition) is 6. The van der Waals surface area contributed by atoms with Crippen molar-refractivity contribution in [3.8, 4) is 5.88 Å². The lowest BCUT2D eigenvalue weighted by atomic mass is 10.2. The van der Waals surface area contributed by atoms with Gasteiger partial charge in [0.2, 0.25) is 0 Å². The van der Waals surface area contributed by atoms with E-state index in [1.807, 2.05) is 6.92 Å². The van der Waals surface area contributed by atoms with E-state index in [2.05, 4.69) is 9.72 Å². The van der Waals surface area contributed by atoms with Gasteiger partial charge in [-0.3, -0.25) is 10.1 Å². The fourth-order valence-corrected chi connectivity index (χ4v) is 1.53. The van der Waals surface area contributed by atoms with E-state index in [1.165, 1.54) is 19.2 Å². The number of ether oxygens (including phenoxy) is 2. The van der Waals surface area contributed by atoms with Gasteiger partial charge in [-0.05, 0) is 19.4 Å². The molecule has 1 unspecified atom stereocenters. The standard InChI is InChI=1S/C12H16N2O5/c1-4-5-8(2)19-11-10(14(16)17)7-6-9(13-11)12(15)18-3/h6-8H,4-5H2,1-3H3. The average molecular weight is 268 g/mol. The Morgan fingerprint density at radius 3 is 2.74 bits per heavy atom. The van der Waals surface area contributed by atoms with E-state index in [-0.39, 0.29) is 23.4 Å². The van der Waals surface area contributed by atoms with E-state index in [1.54, 1.807) is 6.92 Å². The maximum atomic E-state index is 11.3. The molecule has 1 rings (SSSR count). The molecule has 0 aromatic carbocycles. The minimum Gasteiger partial charge on any atom is -0.470 e. The SMILES string of the molecule is CCCC(C)Oc1nc(C(=O)OC)ccc1[N+](=O)[O-]. The number of carbonyl (C=O) groups excluding carboxylic acids is 1. The van der Waals surface area contributed by atoms with Crippen LogP contribution in [-0.4, -0.2) is 29.1 Å². The van der Waals surface area contributed by atoms with Crippen molar-refractivity contribution in [1.82, 2.24) is 4.98 Å². The summed E-state index contributed by atoms with van der Waals surface area (Å²) in [5.74, 6) is -0.822. The van der Waals surface area contributed by atoms with Gasteiger partial charge in [0.15, 0.2) is 5.69 Å². The first-order chi connectivity index (χ1) is 8.99. The third kappa shape index (κ3) is 3.90. The third-order valence-electron chi connectivity index (χ3n) is 2.44. The molecule has 1 aromatic heterocycles. The topological polar surface area (TPSA) is 91.6 Å². The number of carbonyl (C=O) groups is 1. The average Bonchev–Trinajstić information content (AvgIpc) is 2.37. The minimum absolute atomic E-state index is 0.0215. The summed E-state index contributed by atoms with van der Waals surface area (Å²) in [5.41, 5.74) is -0.289. The van der Waals surface area contributed by atoms with Gasteiger partial charge < -0.3 is 9.47 Å². The van der Waals surface area contributed by atoms with E-state index in [9.17, 15) is 14.9 Å². The van der Waals surface area contributed by atoms with Crippen molar-refractivity contribution in [2.24, 2.45) is 0 Å². The van der Waals surface area contributed by atoms with Crippen molar-refractivity contribution in [2.45, 2.75) is 32.8 Å². The van der Waals surface area contributed by atoms with Crippen molar-refractivity contribution in [3.05, 3.63) is 27.9 Å². The zero-order valence-corrected chi connectivity index (χ0v) is 11.1. The Morgan fingerprint density at radius 1 is 1.53 bits per heavy atom. The third-order valence-corrected chi connectivity index (χ3v) is 2.44. The molecule has 1 heterocycles. The van der Waals surface area contributed by atoms with Gasteiger partial charge in [0, 0.05) is 6.07 Å². The van der Waals surface area contributed by atoms with Gasteiger partial charge >= 0.3 is 11.7 Å². The first-order valence-corrected chi connectivity index (χ1v) is 5.90. The summed E-state index contributed by atoms with van der Waals surface area (Å²) in [6, 6.07) is 2.43. The Morgan fingerprint density at radius 2 is 2.21 bits per heavy atom. The first kappa shape index (κ1) is 14.9. The number of esters is 1. The van der Waals surface area contributed by atoms with E-state index in [0.717, 1.165) is 12.8 Å². The van der Waals surface area contributed by atoms with Crippen LogP contribution >= 0.6 is 0 Å². The zero-order chi connectivity index (χ0) is 14.4. The van der Waals surface area contributed by atoms with Crippen LogP contribution in [0.25, 0.3) is 0 Å². The molecule has 0 N–H and O–H groups in total. The van der Waals surface area contributed by atoms with Gasteiger partial charge in [-0.1, -0.05) is 13.3 Å². The lowest BCUT2D eigenvalue weighted by Gasteiger charge is -2.13. The van der Waals surface area contributed by atoms with Crippen LogP contribution in [0.1, 0.15) is 37.2 Å². The minimum atomic E-state index is -0.664. The van der Waals surface area contributed by atoms with Crippen LogP contribution in [0.4, 0.5) is 5.69 Å². The predicted octanol–water partition coefficient (Wildman–Crippen LogP) is 2.34. The smallest absolute Gasteiger partial charge is 0.356 e. The number of nitro groups is 1. The van der Waals surface area contributed by atoms with Gasteiger partial charge in [-0.25, -0.2) is 9.78 Å². The van der Waals surface area contributed by atoms with E-state index in [4.69, 9.17) is 4.74 Å². The quantitative estimate of drug-likeness (QED) is 0.446. The maximum Gasteiger partial charge on any atom is 0.356 e. The summed E-state index contributed by atoms with van der Waals surface area (Å²) in [7, 11) is 1.21. The van der Waals surface area contributed by atoms with Crippen LogP contribution in [0, 0.1) is 10.1 Å². The molecule has 1 atom stereocenters. The van der Waals surface area contributed by atoms with Crippen LogP contribution in [0.5, 0.6) is 5.88 Å². The number of pyridine rings is 1. The zero-order valence-electron chi connectivity index (χ0n) is 11.1. The molecule has 0 amide bonds. The molecular formula is C12H16N2O5.